The van der Waals surface area contributed by atoms with E-state index in [9.17, 15) is 13.2 Å². The summed E-state index contributed by atoms with van der Waals surface area (Å²) in [4.78, 5) is 14.1. The van der Waals surface area contributed by atoms with E-state index >= 15 is 0 Å². The van der Waals surface area contributed by atoms with E-state index in [1.165, 1.54) is 10.6 Å². The van der Waals surface area contributed by atoms with Crippen molar-refractivity contribution in [2.75, 3.05) is 19.8 Å². The monoisotopic (exact) mass is 314 g/mol. The van der Waals surface area contributed by atoms with E-state index in [1.807, 2.05) is 13.2 Å². The fraction of sp³-hybridized carbons (Fsp3) is 0.692. The number of amides is 1. The molecule has 0 aliphatic carbocycles. The lowest BCUT2D eigenvalue weighted by Gasteiger charge is -2.34. The fourth-order valence-corrected chi connectivity index (χ4v) is 3.83. The minimum Gasteiger partial charge on any atom is -0.340 e. The molecule has 1 aliphatic heterocycles. The number of sulfonamides is 1. The Hall–Kier alpha value is -1.41. The van der Waals surface area contributed by atoms with Gasteiger partial charge in [-0.2, -0.15) is 9.40 Å². The van der Waals surface area contributed by atoms with E-state index in [4.69, 9.17) is 0 Å². The van der Waals surface area contributed by atoms with Gasteiger partial charge in [0.1, 0.15) is 6.04 Å². The molecule has 1 aromatic rings. The SMILES string of the molecule is CN(Cc1cnn(C)c1)C(=O)C1CCCCN1S(C)(=O)=O. The van der Waals surface area contributed by atoms with Gasteiger partial charge in [-0.3, -0.25) is 9.48 Å². The summed E-state index contributed by atoms with van der Waals surface area (Å²) >= 11 is 0. The highest BCUT2D eigenvalue weighted by molar-refractivity contribution is 7.88. The van der Waals surface area contributed by atoms with E-state index in [0.717, 1.165) is 18.4 Å². The van der Waals surface area contributed by atoms with Crippen LogP contribution < -0.4 is 0 Å². The van der Waals surface area contributed by atoms with Gasteiger partial charge in [0.25, 0.3) is 0 Å². The van der Waals surface area contributed by atoms with Crippen molar-refractivity contribution in [1.82, 2.24) is 19.0 Å². The maximum absolute atomic E-state index is 12.6. The second-order valence-corrected chi connectivity index (χ2v) is 7.54. The van der Waals surface area contributed by atoms with Crippen molar-refractivity contribution in [3.8, 4) is 0 Å². The molecular weight excluding hydrogens is 292 g/mol. The van der Waals surface area contributed by atoms with Crippen molar-refractivity contribution in [2.24, 2.45) is 7.05 Å². The Labute approximate surface area is 125 Å². The zero-order valence-corrected chi connectivity index (χ0v) is 13.5. The molecule has 118 valence electrons. The molecule has 0 N–H and O–H groups in total. The third-order valence-corrected chi connectivity index (χ3v) is 5.01. The van der Waals surface area contributed by atoms with Crippen molar-refractivity contribution in [3.05, 3.63) is 18.0 Å². The lowest BCUT2D eigenvalue weighted by Crippen LogP contribution is -2.51. The Kier molecular flexibility index (Phi) is 4.67. The molecule has 21 heavy (non-hydrogen) atoms. The van der Waals surface area contributed by atoms with Crippen LogP contribution >= 0.6 is 0 Å². The lowest BCUT2D eigenvalue weighted by molar-refractivity contribution is -0.135. The third-order valence-electron chi connectivity index (χ3n) is 3.72. The number of carbonyl (C=O) groups is 1. The number of aromatic nitrogens is 2. The molecule has 1 aromatic heterocycles. The lowest BCUT2D eigenvalue weighted by atomic mass is 10.0. The number of aryl methyl sites for hydroxylation is 1. The van der Waals surface area contributed by atoms with Crippen LogP contribution in [0.5, 0.6) is 0 Å². The standard InChI is InChI=1S/C13H22N4O3S/c1-15(9-11-8-14-16(2)10-11)13(18)12-6-4-5-7-17(12)21(3,19)20/h8,10,12H,4-7,9H2,1-3H3. The van der Waals surface area contributed by atoms with E-state index in [2.05, 4.69) is 5.10 Å². The number of likely N-dealkylation sites (N-methyl/N-ethyl adjacent to an activating group) is 1. The second-order valence-electron chi connectivity index (χ2n) is 5.60. The van der Waals surface area contributed by atoms with Gasteiger partial charge in [0.15, 0.2) is 0 Å². The average molecular weight is 314 g/mol. The van der Waals surface area contributed by atoms with Crippen molar-refractivity contribution >= 4 is 15.9 Å². The van der Waals surface area contributed by atoms with E-state index in [0.29, 0.717) is 19.5 Å². The van der Waals surface area contributed by atoms with Crippen molar-refractivity contribution < 1.29 is 13.2 Å². The molecular formula is C13H22N4O3S. The molecule has 1 amide bonds. The van der Waals surface area contributed by atoms with Gasteiger partial charge in [-0.25, -0.2) is 8.42 Å². The van der Waals surface area contributed by atoms with E-state index < -0.39 is 16.1 Å². The molecule has 1 saturated heterocycles. The normalized spacial score (nSPS) is 20.4. The second kappa shape index (κ2) is 6.15. The van der Waals surface area contributed by atoms with Crippen LogP contribution in [-0.2, 0) is 28.4 Å². The predicted molar refractivity (Wildman–Crippen MR) is 78.9 cm³/mol. The molecule has 0 radical (unpaired) electrons. The van der Waals surface area contributed by atoms with Crippen LogP contribution in [0.15, 0.2) is 12.4 Å². The van der Waals surface area contributed by atoms with Crippen LogP contribution in [0.3, 0.4) is 0 Å². The first-order valence-electron chi connectivity index (χ1n) is 6.98. The summed E-state index contributed by atoms with van der Waals surface area (Å²) in [6.45, 7) is 0.858. The van der Waals surface area contributed by atoms with Gasteiger partial charge in [0, 0.05) is 38.9 Å². The molecule has 0 aromatic carbocycles. The molecule has 1 fully saturated rings. The number of hydrogen-bond acceptors (Lipinski definition) is 4. The molecule has 1 atom stereocenters. The van der Waals surface area contributed by atoms with Crippen LogP contribution in [-0.4, -0.2) is 59.2 Å². The van der Waals surface area contributed by atoms with Gasteiger partial charge >= 0.3 is 0 Å². The number of hydrogen-bond donors (Lipinski definition) is 0. The Morgan fingerprint density at radius 1 is 1.48 bits per heavy atom. The molecule has 0 spiro atoms. The number of rotatable bonds is 4. The molecule has 7 nitrogen and oxygen atoms in total. The number of piperidine rings is 1. The highest BCUT2D eigenvalue weighted by Gasteiger charge is 2.35. The first-order chi connectivity index (χ1) is 9.79. The summed E-state index contributed by atoms with van der Waals surface area (Å²) in [7, 11) is 0.163. The van der Waals surface area contributed by atoms with Crippen LogP contribution in [0.25, 0.3) is 0 Å². The Bertz CT molecular complexity index is 611. The zero-order chi connectivity index (χ0) is 15.6. The van der Waals surface area contributed by atoms with Crippen LogP contribution in [0.4, 0.5) is 0 Å². The van der Waals surface area contributed by atoms with Crippen LogP contribution in [0.1, 0.15) is 24.8 Å². The first-order valence-corrected chi connectivity index (χ1v) is 8.83. The van der Waals surface area contributed by atoms with Crippen molar-refractivity contribution in [3.63, 3.8) is 0 Å². The van der Waals surface area contributed by atoms with Gasteiger partial charge in [0.2, 0.25) is 15.9 Å². The van der Waals surface area contributed by atoms with E-state index in [1.54, 1.807) is 22.8 Å². The molecule has 2 heterocycles. The summed E-state index contributed by atoms with van der Waals surface area (Å²) < 4.78 is 26.7. The summed E-state index contributed by atoms with van der Waals surface area (Å²) in [5.41, 5.74) is 0.926. The van der Waals surface area contributed by atoms with Gasteiger partial charge in [-0.05, 0) is 12.8 Å². The van der Waals surface area contributed by atoms with E-state index in [-0.39, 0.29) is 5.91 Å². The maximum Gasteiger partial charge on any atom is 0.241 e. The minimum atomic E-state index is -3.35. The Morgan fingerprint density at radius 3 is 2.76 bits per heavy atom. The Morgan fingerprint density at radius 2 is 2.19 bits per heavy atom. The van der Waals surface area contributed by atoms with Crippen molar-refractivity contribution in [1.29, 1.82) is 0 Å². The van der Waals surface area contributed by atoms with Crippen molar-refractivity contribution in [2.45, 2.75) is 31.8 Å². The third kappa shape index (κ3) is 3.82. The minimum absolute atomic E-state index is 0.149. The molecule has 2 rings (SSSR count). The van der Waals surface area contributed by atoms with Crippen LogP contribution in [0.2, 0.25) is 0 Å². The number of nitrogens with zero attached hydrogens (tertiary/aromatic N) is 4. The molecule has 1 aliphatic rings. The largest absolute Gasteiger partial charge is 0.340 e. The van der Waals surface area contributed by atoms with Gasteiger partial charge in [-0.15, -0.1) is 0 Å². The fourth-order valence-electron chi connectivity index (χ4n) is 2.71. The van der Waals surface area contributed by atoms with Crippen LogP contribution in [0, 0.1) is 0 Å². The summed E-state index contributed by atoms with van der Waals surface area (Å²) in [6.07, 6.45) is 6.99. The predicted octanol–water partition coefficient (Wildman–Crippen LogP) is 0.193. The average Bonchev–Trinajstić information content (AvgIpc) is 2.82. The van der Waals surface area contributed by atoms with Gasteiger partial charge in [-0.1, -0.05) is 6.42 Å². The topological polar surface area (TPSA) is 75.5 Å². The summed E-state index contributed by atoms with van der Waals surface area (Å²) in [5, 5.41) is 4.07. The quantitative estimate of drug-likeness (QED) is 0.795. The number of carbonyl (C=O) groups excluding carboxylic acids is 1. The van der Waals surface area contributed by atoms with Gasteiger partial charge < -0.3 is 4.90 Å². The zero-order valence-electron chi connectivity index (χ0n) is 12.7. The maximum atomic E-state index is 12.6. The molecule has 8 heteroatoms. The molecule has 0 bridgehead atoms. The summed E-state index contributed by atoms with van der Waals surface area (Å²) in [6, 6.07) is -0.574. The Balaban J connectivity index is 2.09. The first kappa shape index (κ1) is 16.0. The summed E-state index contributed by atoms with van der Waals surface area (Å²) in [5.74, 6) is -0.149. The molecule has 1 unspecified atom stereocenters. The highest BCUT2D eigenvalue weighted by Crippen LogP contribution is 2.21. The molecule has 0 saturated carbocycles. The highest BCUT2D eigenvalue weighted by atomic mass is 32.2. The van der Waals surface area contributed by atoms with Gasteiger partial charge in [0.05, 0.1) is 12.5 Å². The smallest absolute Gasteiger partial charge is 0.241 e.